The lowest BCUT2D eigenvalue weighted by Gasteiger charge is -2.14. The Morgan fingerprint density at radius 3 is 3.00 bits per heavy atom. The fourth-order valence-electron chi connectivity index (χ4n) is 1.26. The number of hydrogen-bond donors (Lipinski definition) is 3. The summed E-state index contributed by atoms with van der Waals surface area (Å²) in [5, 5.41) is 20.7. The summed E-state index contributed by atoms with van der Waals surface area (Å²) in [6.07, 6.45) is 1.82. The van der Waals surface area contributed by atoms with Crippen molar-refractivity contribution >= 4 is 11.8 Å². The highest BCUT2D eigenvalue weighted by atomic mass is 15.3. The highest BCUT2D eigenvalue weighted by Crippen LogP contribution is 2.08. The zero-order valence-corrected chi connectivity index (χ0v) is 10.3. The summed E-state index contributed by atoms with van der Waals surface area (Å²) >= 11 is 0. The number of nitrogens with one attached hydrogen (secondary N) is 3. The Hall–Kier alpha value is -2.23. The monoisotopic (exact) mass is 235 g/mol. The molecule has 1 heterocycles. The number of nitrogens with zero attached hydrogens (tertiary/aromatic N) is 4. The van der Waals surface area contributed by atoms with Crippen LogP contribution in [0.5, 0.6) is 0 Å². The van der Waals surface area contributed by atoms with E-state index >= 15 is 0 Å². The molecule has 92 valence electrons. The number of aryl methyl sites for hydroxylation is 1. The molecule has 0 unspecified atom stereocenters. The fourth-order valence-corrected chi connectivity index (χ4v) is 1.26. The van der Waals surface area contributed by atoms with Gasteiger partial charge in [-0.15, -0.1) is 0 Å². The maximum absolute atomic E-state index is 8.45. The van der Waals surface area contributed by atoms with E-state index in [1.165, 1.54) is 0 Å². The van der Waals surface area contributed by atoms with Crippen molar-refractivity contribution in [2.24, 2.45) is 4.99 Å². The molecule has 0 aliphatic rings. The SMILES string of the molecule is CNC(=NCCN(C)c1cc(C)[nH]n1)NC#N. The third-order valence-corrected chi connectivity index (χ3v) is 2.20. The molecule has 7 heteroatoms. The van der Waals surface area contributed by atoms with Crippen LogP contribution in [0.1, 0.15) is 5.69 Å². The van der Waals surface area contributed by atoms with Gasteiger partial charge in [0, 0.05) is 32.4 Å². The highest BCUT2D eigenvalue weighted by Gasteiger charge is 2.03. The quantitative estimate of drug-likeness (QED) is 0.291. The first-order valence-corrected chi connectivity index (χ1v) is 5.28. The van der Waals surface area contributed by atoms with E-state index in [2.05, 4.69) is 25.8 Å². The van der Waals surface area contributed by atoms with E-state index in [-0.39, 0.29) is 0 Å². The normalized spacial score (nSPS) is 10.8. The number of guanidine groups is 1. The van der Waals surface area contributed by atoms with Gasteiger partial charge in [-0.2, -0.15) is 10.4 Å². The number of aromatic amines is 1. The second-order valence-corrected chi connectivity index (χ2v) is 3.55. The number of aromatic nitrogens is 2. The number of aliphatic imine (C=N–C) groups is 1. The maximum atomic E-state index is 8.45. The second-order valence-electron chi connectivity index (χ2n) is 3.55. The molecular weight excluding hydrogens is 218 g/mol. The van der Waals surface area contributed by atoms with Gasteiger partial charge >= 0.3 is 0 Å². The third-order valence-electron chi connectivity index (χ3n) is 2.20. The molecule has 0 aromatic carbocycles. The Morgan fingerprint density at radius 2 is 2.47 bits per heavy atom. The van der Waals surface area contributed by atoms with Crippen molar-refractivity contribution in [3.63, 3.8) is 0 Å². The van der Waals surface area contributed by atoms with E-state index in [1.807, 2.05) is 31.1 Å². The number of anilines is 1. The van der Waals surface area contributed by atoms with E-state index in [4.69, 9.17) is 5.26 Å². The minimum absolute atomic E-state index is 0.471. The van der Waals surface area contributed by atoms with Gasteiger partial charge in [-0.3, -0.25) is 15.4 Å². The predicted octanol–water partition coefficient (Wildman–Crippen LogP) is -0.200. The van der Waals surface area contributed by atoms with Crippen LogP contribution in [-0.4, -0.2) is 43.3 Å². The Kier molecular flexibility index (Phi) is 4.81. The summed E-state index contributed by atoms with van der Waals surface area (Å²) < 4.78 is 0. The van der Waals surface area contributed by atoms with Gasteiger partial charge in [0.2, 0.25) is 5.96 Å². The lowest BCUT2D eigenvalue weighted by Crippen LogP contribution is -2.32. The summed E-state index contributed by atoms with van der Waals surface area (Å²) in [6, 6.07) is 1.97. The van der Waals surface area contributed by atoms with Crippen molar-refractivity contribution in [2.45, 2.75) is 6.92 Å². The predicted molar refractivity (Wildman–Crippen MR) is 66.7 cm³/mol. The molecule has 0 atom stereocenters. The van der Waals surface area contributed by atoms with Crippen LogP contribution < -0.4 is 15.5 Å². The average molecular weight is 235 g/mol. The van der Waals surface area contributed by atoms with Crippen molar-refractivity contribution in [2.75, 3.05) is 32.1 Å². The Labute approximate surface area is 101 Å². The first-order valence-electron chi connectivity index (χ1n) is 5.28. The molecular formula is C10H17N7. The standard InChI is InChI=1S/C10H17N7/c1-8-6-9(16-15-8)17(3)5-4-13-10(12-2)14-7-11/h6H,4-5H2,1-3H3,(H,15,16)(H2,12,13,14). The van der Waals surface area contributed by atoms with Crippen LogP contribution in [0.2, 0.25) is 0 Å². The molecule has 0 radical (unpaired) electrons. The van der Waals surface area contributed by atoms with Gasteiger partial charge in [0.25, 0.3) is 0 Å². The smallest absolute Gasteiger partial charge is 0.204 e. The number of H-pyrrole nitrogens is 1. The van der Waals surface area contributed by atoms with Crippen LogP contribution in [0.15, 0.2) is 11.1 Å². The van der Waals surface area contributed by atoms with E-state index in [0.29, 0.717) is 12.5 Å². The van der Waals surface area contributed by atoms with Crippen LogP contribution in [0.4, 0.5) is 5.82 Å². The Bertz CT molecular complexity index is 415. The van der Waals surface area contributed by atoms with Gasteiger partial charge in [0.05, 0.1) is 6.54 Å². The molecule has 0 aliphatic heterocycles. The number of likely N-dealkylation sites (N-methyl/N-ethyl adjacent to an activating group) is 1. The van der Waals surface area contributed by atoms with Crippen LogP contribution in [0.25, 0.3) is 0 Å². The summed E-state index contributed by atoms with van der Waals surface area (Å²) in [4.78, 5) is 6.19. The zero-order valence-electron chi connectivity index (χ0n) is 10.3. The summed E-state index contributed by atoms with van der Waals surface area (Å²) in [6.45, 7) is 3.26. The van der Waals surface area contributed by atoms with Crippen molar-refractivity contribution in [1.29, 1.82) is 5.26 Å². The Morgan fingerprint density at radius 1 is 1.71 bits per heavy atom. The van der Waals surface area contributed by atoms with E-state index in [1.54, 1.807) is 7.05 Å². The van der Waals surface area contributed by atoms with Gasteiger partial charge in [0.15, 0.2) is 6.19 Å². The number of rotatable bonds is 4. The first-order chi connectivity index (χ1) is 8.17. The van der Waals surface area contributed by atoms with Crippen molar-refractivity contribution < 1.29 is 0 Å². The van der Waals surface area contributed by atoms with Crippen molar-refractivity contribution in [3.05, 3.63) is 11.8 Å². The van der Waals surface area contributed by atoms with Gasteiger partial charge in [-0.1, -0.05) is 0 Å². The molecule has 1 aromatic rings. The van der Waals surface area contributed by atoms with Gasteiger partial charge in [0.1, 0.15) is 5.82 Å². The Balaban J connectivity index is 2.43. The largest absolute Gasteiger partial charge is 0.359 e. The molecule has 3 N–H and O–H groups in total. The topological polar surface area (TPSA) is 92.1 Å². The van der Waals surface area contributed by atoms with Crippen LogP contribution >= 0.6 is 0 Å². The number of nitriles is 1. The zero-order chi connectivity index (χ0) is 12.7. The van der Waals surface area contributed by atoms with Crippen LogP contribution in [-0.2, 0) is 0 Å². The van der Waals surface area contributed by atoms with Crippen LogP contribution in [0, 0.1) is 18.4 Å². The third kappa shape index (κ3) is 4.03. The molecule has 7 nitrogen and oxygen atoms in total. The summed E-state index contributed by atoms with van der Waals surface area (Å²) in [7, 11) is 3.66. The lowest BCUT2D eigenvalue weighted by atomic mass is 10.4. The average Bonchev–Trinajstić information content (AvgIpc) is 2.74. The van der Waals surface area contributed by atoms with Crippen molar-refractivity contribution in [3.8, 4) is 6.19 Å². The molecule has 1 rings (SSSR count). The molecule has 0 spiro atoms. The first kappa shape index (κ1) is 12.8. The maximum Gasteiger partial charge on any atom is 0.204 e. The fraction of sp³-hybridized carbons (Fsp3) is 0.500. The molecule has 0 saturated carbocycles. The summed E-state index contributed by atoms with van der Waals surface area (Å²) in [5.41, 5.74) is 1.03. The second kappa shape index (κ2) is 6.37. The highest BCUT2D eigenvalue weighted by molar-refractivity contribution is 5.80. The minimum Gasteiger partial charge on any atom is -0.359 e. The van der Waals surface area contributed by atoms with E-state index in [9.17, 15) is 0 Å². The molecule has 0 amide bonds. The minimum atomic E-state index is 0.471. The van der Waals surface area contributed by atoms with E-state index < -0.39 is 0 Å². The molecule has 17 heavy (non-hydrogen) atoms. The molecule has 1 aromatic heterocycles. The van der Waals surface area contributed by atoms with Crippen LogP contribution in [0.3, 0.4) is 0 Å². The van der Waals surface area contributed by atoms with Crippen molar-refractivity contribution in [1.82, 2.24) is 20.8 Å². The molecule has 0 fully saturated rings. The van der Waals surface area contributed by atoms with Gasteiger partial charge < -0.3 is 10.2 Å². The van der Waals surface area contributed by atoms with E-state index in [0.717, 1.165) is 18.1 Å². The summed E-state index contributed by atoms with van der Waals surface area (Å²) in [5.74, 6) is 1.36. The molecule has 0 saturated heterocycles. The molecule has 0 bridgehead atoms. The van der Waals surface area contributed by atoms with Gasteiger partial charge in [-0.25, -0.2) is 0 Å². The lowest BCUT2D eigenvalue weighted by molar-refractivity contribution is 0.851. The molecule has 0 aliphatic carbocycles. The van der Waals surface area contributed by atoms with Gasteiger partial charge in [-0.05, 0) is 6.92 Å². The number of hydrogen-bond acceptors (Lipinski definition) is 4.